The molecule has 3 nitrogen and oxygen atoms in total. The highest BCUT2D eigenvalue weighted by Crippen LogP contribution is 2.12. The van der Waals surface area contributed by atoms with Crippen LogP contribution >= 0.6 is 0 Å². The highest BCUT2D eigenvalue weighted by molar-refractivity contribution is 5.06. The Kier molecular flexibility index (Phi) is 6.12. The standard InChI is InChI=1S/C12H21NO2/c1-11(10-13-6-8-14-2)9-12-5-3-4-7-15-12/h4,7,9,12-13H,3,5-6,8,10H2,1-2H3/b11-9+. The van der Waals surface area contributed by atoms with Crippen LogP contribution in [0, 0.1) is 0 Å². The SMILES string of the molecule is COCCNC/C(C)=C/C1CCC=CO1. The van der Waals surface area contributed by atoms with Gasteiger partial charge in [-0.15, -0.1) is 0 Å². The van der Waals surface area contributed by atoms with Crippen molar-refractivity contribution in [2.45, 2.75) is 25.9 Å². The van der Waals surface area contributed by atoms with Crippen molar-refractivity contribution in [3.05, 3.63) is 24.0 Å². The second kappa shape index (κ2) is 7.49. The minimum absolute atomic E-state index is 0.263. The second-order valence-electron chi connectivity index (χ2n) is 3.81. The smallest absolute Gasteiger partial charge is 0.116 e. The summed E-state index contributed by atoms with van der Waals surface area (Å²) in [5, 5.41) is 3.31. The topological polar surface area (TPSA) is 30.5 Å². The fourth-order valence-electron chi connectivity index (χ4n) is 1.51. The number of hydrogen-bond acceptors (Lipinski definition) is 3. The number of allylic oxidation sites excluding steroid dienone is 1. The lowest BCUT2D eigenvalue weighted by molar-refractivity contribution is 0.164. The van der Waals surface area contributed by atoms with E-state index in [1.807, 2.05) is 0 Å². The van der Waals surface area contributed by atoms with E-state index in [0.29, 0.717) is 0 Å². The Morgan fingerprint density at radius 3 is 3.20 bits per heavy atom. The first kappa shape index (κ1) is 12.3. The van der Waals surface area contributed by atoms with E-state index in [9.17, 15) is 0 Å². The molecular formula is C12H21NO2. The fraction of sp³-hybridized carbons (Fsp3) is 0.667. The van der Waals surface area contributed by atoms with Gasteiger partial charge < -0.3 is 14.8 Å². The molecule has 0 fully saturated rings. The lowest BCUT2D eigenvalue weighted by Gasteiger charge is -2.16. The van der Waals surface area contributed by atoms with Crippen LogP contribution in [0.15, 0.2) is 24.0 Å². The molecule has 0 aromatic heterocycles. The van der Waals surface area contributed by atoms with Crippen molar-refractivity contribution in [3.63, 3.8) is 0 Å². The summed E-state index contributed by atoms with van der Waals surface area (Å²) in [6.07, 6.45) is 8.53. The van der Waals surface area contributed by atoms with Gasteiger partial charge in [-0.2, -0.15) is 0 Å². The van der Waals surface area contributed by atoms with Gasteiger partial charge in [0.25, 0.3) is 0 Å². The summed E-state index contributed by atoms with van der Waals surface area (Å²) in [6, 6.07) is 0. The third-order valence-electron chi connectivity index (χ3n) is 2.32. The zero-order valence-electron chi connectivity index (χ0n) is 9.66. The summed E-state index contributed by atoms with van der Waals surface area (Å²) >= 11 is 0. The van der Waals surface area contributed by atoms with Gasteiger partial charge in [0.15, 0.2) is 0 Å². The molecule has 0 radical (unpaired) electrons. The molecule has 1 N–H and O–H groups in total. The molecule has 0 aromatic rings. The minimum atomic E-state index is 0.263. The summed E-state index contributed by atoms with van der Waals surface area (Å²) in [4.78, 5) is 0. The molecule has 0 amide bonds. The summed E-state index contributed by atoms with van der Waals surface area (Å²) in [7, 11) is 1.71. The Bertz CT molecular complexity index is 224. The number of nitrogens with one attached hydrogen (secondary N) is 1. The zero-order valence-corrected chi connectivity index (χ0v) is 9.66. The quantitative estimate of drug-likeness (QED) is 0.537. The lowest BCUT2D eigenvalue weighted by atomic mass is 10.1. The molecule has 0 aliphatic carbocycles. The summed E-state index contributed by atoms with van der Waals surface area (Å²) in [5.74, 6) is 0. The van der Waals surface area contributed by atoms with Gasteiger partial charge in [0.2, 0.25) is 0 Å². The van der Waals surface area contributed by atoms with Gasteiger partial charge in [0, 0.05) is 20.2 Å². The Labute approximate surface area is 92.1 Å². The molecule has 3 heteroatoms. The van der Waals surface area contributed by atoms with Crippen LogP contribution in [0.4, 0.5) is 0 Å². The predicted molar refractivity (Wildman–Crippen MR) is 61.7 cm³/mol. The molecule has 0 saturated carbocycles. The summed E-state index contributed by atoms with van der Waals surface area (Å²) in [6.45, 7) is 4.69. The van der Waals surface area contributed by atoms with Crippen LogP contribution in [-0.4, -0.2) is 32.9 Å². The first-order valence-electron chi connectivity index (χ1n) is 5.50. The van der Waals surface area contributed by atoms with Crippen LogP contribution in [0.5, 0.6) is 0 Å². The predicted octanol–water partition coefficient (Wildman–Crippen LogP) is 1.86. The Hall–Kier alpha value is -0.800. The van der Waals surface area contributed by atoms with Crippen molar-refractivity contribution in [1.82, 2.24) is 5.32 Å². The first-order chi connectivity index (χ1) is 7.33. The van der Waals surface area contributed by atoms with E-state index < -0.39 is 0 Å². The van der Waals surface area contributed by atoms with Gasteiger partial charge in [0.05, 0.1) is 12.9 Å². The maximum absolute atomic E-state index is 5.47. The Balaban J connectivity index is 2.17. The largest absolute Gasteiger partial charge is 0.494 e. The van der Waals surface area contributed by atoms with Crippen molar-refractivity contribution < 1.29 is 9.47 Å². The van der Waals surface area contributed by atoms with E-state index in [1.165, 1.54) is 5.57 Å². The van der Waals surface area contributed by atoms with Gasteiger partial charge in [0.1, 0.15) is 6.10 Å². The summed E-state index contributed by atoms with van der Waals surface area (Å²) in [5.41, 5.74) is 1.33. The summed E-state index contributed by atoms with van der Waals surface area (Å²) < 4.78 is 10.4. The monoisotopic (exact) mass is 211 g/mol. The van der Waals surface area contributed by atoms with E-state index >= 15 is 0 Å². The molecule has 15 heavy (non-hydrogen) atoms. The Morgan fingerprint density at radius 2 is 2.53 bits per heavy atom. The number of ether oxygens (including phenoxy) is 2. The van der Waals surface area contributed by atoms with Crippen LogP contribution in [-0.2, 0) is 9.47 Å². The molecule has 86 valence electrons. The Morgan fingerprint density at radius 1 is 1.67 bits per heavy atom. The first-order valence-corrected chi connectivity index (χ1v) is 5.50. The molecular weight excluding hydrogens is 190 g/mol. The normalized spacial score (nSPS) is 21.5. The fourth-order valence-corrected chi connectivity index (χ4v) is 1.51. The maximum atomic E-state index is 5.47. The number of rotatable bonds is 6. The van der Waals surface area contributed by atoms with Gasteiger partial charge >= 0.3 is 0 Å². The van der Waals surface area contributed by atoms with Gasteiger partial charge in [-0.05, 0) is 31.9 Å². The van der Waals surface area contributed by atoms with E-state index in [2.05, 4.69) is 24.4 Å². The molecule has 0 spiro atoms. The molecule has 0 saturated heterocycles. The highest BCUT2D eigenvalue weighted by Gasteiger charge is 2.07. The average Bonchev–Trinajstić information content (AvgIpc) is 2.26. The van der Waals surface area contributed by atoms with Gasteiger partial charge in [-0.25, -0.2) is 0 Å². The van der Waals surface area contributed by atoms with Gasteiger partial charge in [-0.1, -0.05) is 5.57 Å². The lowest BCUT2D eigenvalue weighted by Crippen LogP contribution is -2.22. The number of methoxy groups -OCH3 is 1. The minimum Gasteiger partial charge on any atom is -0.494 e. The van der Waals surface area contributed by atoms with Crippen LogP contribution < -0.4 is 5.32 Å². The highest BCUT2D eigenvalue weighted by atomic mass is 16.5. The van der Waals surface area contributed by atoms with Crippen molar-refractivity contribution in [2.75, 3.05) is 26.8 Å². The van der Waals surface area contributed by atoms with Crippen molar-refractivity contribution >= 4 is 0 Å². The molecule has 1 rings (SSSR count). The third kappa shape index (κ3) is 5.60. The van der Waals surface area contributed by atoms with Crippen LogP contribution in [0.1, 0.15) is 19.8 Å². The van der Waals surface area contributed by atoms with Crippen molar-refractivity contribution in [3.8, 4) is 0 Å². The third-order valence-corrected chi connectivity index (χ3v) is 2.32. The second-order valence-corrected chi connectivity index (χ2v) is 3.81. The molecule has 1 unspecified atom stereocenters. The molecule has 1 atom stereocenters. The van der Waals surface area contributed by atoms with Crippen LogP contribution in [0.3, 0.4) is 0 Å². The van der Waals surface area contributed by atoms with E-state index in [-0.39, 0.29) is 6.10 Å². The molecule has 1 heterocycles. The van der Waals surface area contributed by atoms with E-state index in [0.717, 1.165) is 32.5 Å². The van der Waals surface area contributed by atoms with E-state index in [4.69, 9.17) is 9.47 Å². The zero-order chi connectivity index (χ0) is 10.9. The molecule has 0 aromatic carbocycles. The van der Waals surface area contributed by atoms with Gasteiger partial charge in [-0.3, -0.25) is 0 Å². The average molecular weight is 211 g/mol. The van der Waals surface area contributed by atoms with Crippen LogP contribution in [0.2, 0.25) is 0 Å². The van der Waals surface area contributed by atoms with Crippen molar-refractivity contribution in [2.24, 2.45) is 0 Å². The van der Waals surface area contributed by atoms with E-state index in [1.54, 1.807) is 13.4 Å². The maximum Gasteiger partial charge on any atom is 0.116 e. The molecule has 1 aliphatic heterocycles. The molecule has 1 aliphatic rings. The van der Waals surface area contributed by atoms with Crippen LogP contribution in [0.25, 0.3) is 0 Å². The number of hydrogen-bond donors (Lipinski definition) is 1. The van der Waals surface area contributed by atoms with Crippen molar-refractivity contribution in [1.29, 1.82) is 0 Å². The molecule has 0 bridgehead atoms.